The molecule has 0 aromatic heterocycles. The van der Waals surface area contributed by atoms with Crippen LogP contribution in [0.4, 0.5) is 4.79 Å². The molecule has 1 heterocycles. The molecule has 1 aliphatic heterocycles. The molecule has 0 aliphatic carbocycles. The fourth-order valence-electron chi connectivity index (χ4n) is 2.51. The number of amides is 2. The standard InChI is InChI=1S/C20H15I2NO5S/c1-27-17(24)10-23-19(25)16(29-20(23)26)9-13-7-14(21)18(15(22)8-13)28-11-12-5-3-2-4-6-12/h2-9H,10-11H2,1H3/b16-9+. The molecule has 150 valence electrons. The fraction of sp³-hybridized carbons (Fsp3) is 0.150. The van der Waals surface area contributed by atoms with Crippen molar-refractivity contribution in [2.45, 2.75) is 6.61 Å². The van der Waals surface area contributed by atoms with Crippen LogP contribution >= 0.6 is 56.9 Å². The Balaban J connectivity index is 1.77. The van der Waals surface area contributed by atoms with E-state index < -0.39 is 17.1 Å². The van der Waals surface area contributed by atoms with Crippen molar-refractivity contribution in [2.75, 3.05) is 13.7 Å². The van der Waals surface area contributed by atoms with Gasteiger partial charge < -0.3 is 9.47 Å². The molecule has 3 rings (SSSR count). The summed E-state index contributed by atoms with van der Waals surface area (Å²) in [5.41, 5.74) is 1.84. The van der Waals surface area contributed by atoms with Crippen molar-refractivity contribution >= 4 is 80.1 Å². The molecule has 0 spiro atoms. The molecule has 1 fully saturated rings. The number of hydrogen-bond donors (Lipinski definition) is 0. The fourth-order valence-corrected chi connectivity index (χ4v) is 5.48. The van der Waals surface area contributed by atoms with Gasteiger partial charge in [-0.2, -0.15) is 0 Å². The molecule has 0 atom stereocenters. The lowest BCUT2D eigenvalue weighted by molar-refractivity contribution is -0.143. The van der Waals surface area contributed by atoms with Gasteiger partial charge in [-0.05, 0) is 86.3 Å². The van der Waals surface area contributed by atoms with Crippen LogP contribution in [0.25, 0.3) is 6.08 Å². The summed E-state index contributed by atoms with van der Waals surface area (Å²) in [5, 5.41) is -0.487. The first-order valence-electron chi connectivity index (χ1n) is 8.37. The lowest BCUT2D eigenvalue weighted by atomic mass is 10.2. The van der Waals surface area contributed by atoms with Gasteiger partial charge in [-0.3, -0.25) is 19.3 Å². The van der Waals surface area contributed by atoms with E-state index in [0.29, 0.717) is 6.61 Å². The van der Waals surface area contributed by atoms with Crippen LogP contribution in [0.2, 0.25) is 0 Å². The zero-order valence-electron chi connectivity index (χ0n) is 15.2. The lowest BCUT2D eigenvalue weighted by Gasteiger charge is -2.12. The highest BCUT2D eigenvalue weighted by molar-refractivity contribution is 14.1. The van der Waals surface area contributed by atoms with Gasteiger partial charge in [0.1, 0.15) is 18.9 Å². The normalized spacial score (nSPS) is 15.1. The van der Waals surface area contributed by atoms with Crippen molar-refractivity contribution in [2.24, 2.45) is 0 Å². The van der Waals surface area contributed by atoms with E-state index in [9.17, 15) is 14.4 Å². The van der Waals surface area contributed by atoms with Gasteiger partial charge in [-0.25, -0.2) is 0 Å². The minimum absolute atomic E-state index is 0.267. The highest BCUT2D eigenvalue weighted by Gasteiger charge is 2.36. The Morgan fingerprint density at radius 3 is 2.41 bits per heavy atom. The highest BCUT2D eigenvalue weighted by Crippen LogP contribution is 2.35. The zero-order chi connectivity index (χ0) is 21.0. The molecule has 0 unspecified atom stereocenters. The molecule has 2 aromatic rings. The number of imide groups is 1. The van der Waals surface area contributed by atoms with Crippen LogP contribution in [-0.2, 0) is 20.9 Å². The summed E-state index contributed by atoms with van der Waals surface area (Å²) in [6, 6.07) is 13.7. The molecular formula is C20H15I2NO5S. The minimum Gasteiger partial charge on any atom is -0.487 e. The van der Waals surface area contributed by atoms with Gasteiger partial charge in [0.15, 0.2) is 0 Å². The number of carbonyl (C=O) groups is 3. The molecule has 9 heteroatoms. The van der Waals surface area contributed by atoms with E-state index in [2.05, 4.69) is 49.9 Å². The SMILES string of the molecule is COC(=O)CN1C(=O)S/C(=C/c2cc(I)c(OCc3ccccc3)c(I)c2)C1=O. The molecular weight excluding hydrogens is 620 g/mol. The minimum atomic E-state index is -0.641. The molecule has 6 nitrogen and oxygen atoms in total. The Bertz CT molecular complexity index is 971. The maximum Gasteiger partial charge on any atom is 0.325 e. The number of esters is 1. The second-order valence-corrected chi connectivity index (χ2v) is 9.25. The van der Waals surface area contributed by atoms with Gasteiger partial charge in [-0.1, -0.05) is 30.3 Å². The molecule has 1 aliphatic rings. The van der Waals surface area contributed by atoms with Crippen LogP contribution in [0.3, 0.4) is 0 Å². The Hall–Kier alpha value is -1.60. The van der Waals surface area contributed by atoms with Crippen molar-refractivity contribution in [1.82, 2.24) is 4.90 Å². The average molecular weight is 635 g/mol. The Morgan fingerprint density at radius 2 is 1.79 bits per heavy atom. The Morgan fingerprint density at radius 1 is 1.14 bits per heavy atom. The maximum absolute atomic E-state index is 12.4. The lowest BCUT2D eigenvalue weighted by Crippen LogP contribution is -2.34. The first kappa shape index (κ1) is 22.1. The van der Waals surface area contributed by atoms with Crippen molar-refractivity contribution in [1.29, 1.82) is 0 Å². The van der Waals surface area contributed by atoms with Gasteiger partial charge in [0.2, 0.25) is 0 Å². The van der Waals surface area contributed by atoms with E-state index in [-0.39, 0.29) is 11.4 Å². The van der Waals surface area contributed by atoms with Crippen LogP contribution in [0.5, 0.6) is 5.75 Å². The van der Waals surface area contributed by atoms with Gasteiger partial charge in [-0.15, -0.1) is 0 Å². The Kier molecular flexibility index (Phi) is 7.57. The van der Waals surface area contributed by atoms with E-state index in [4.69, 9.17) is 4.74 Å². The number of thioether (sulfide) groups is 1. The monoisotopic (exact) mass is 635 g/mol. The summed E-state index contributed by atoms with van der Waals surface area (Å²) in [6.07, 6.45) is 1.65. The largest absolute Gasteiger partial charge is 0.487 e. The molecule has 29 heavy (non-hydrogen) atoms. The molecule has 1 saturated heterocycles. The second kappa shape index (κ2) is 9.94. The second-order valence-electron chi connectivity index (χ2n) is 5.93. The summed E-state index contributed by atoms with van der Waals surface area (Å²) >= 11 is 5.18. The van der Waals surface area contributed by atoms with Crippen LogP contribution in [-0.4, -0.2) is 35.7 Å². The predicted molar refractivity (Wildman–Crippen MR) is 127 cm³/mol. The van der Waals surface area contributed by atoms with Crippen LogP contribution in [0, 0.1) is 7.14 Å². The predicted octanol–water partition coefficient (Wildman–Crippen LogP) is 4.68. The molecule has 0 N–H and O–H groups in total. The van der Waals surface area contributed by atoms with Gasteiger partial charge >= 0.3 is 5.97 Å². The smallest absolute Gasteiger partial charge is 0.325 e. The number of rotatable bonds is 6. The van der Waals surface area contributed by atoms with Crippen molar-refractivity contribution in [3.63, 3.8) is 0 Å². The summed E-state index contributed by atoms with van der Waals surface area (Å²) in [5.74, 6) is -0.372. The van der Waals surface area contributed by atoms with Crippen LogP contribution in [0.1, 0.15) is 11.1 Å². The number of nitrogens with zero attached hydrogens (tertiary/aromatic N) is 1. The first-order valence-corrected chi connectivity index (χ1v) is 11.3. The molecule has 0 radical (unpaired) electrons. The molecule has 0 bridgehead atoms. The van der Waals surface area contributed by atoms with E-state index in [1.807, 2.05) is 42.5 Å². The molecule has 2 aromatic carbocycles. The third kappa shape index (κ3) is 5.51. The number of hydrogen-bond acceptors (Lipinski definition) is 6. The number of carbonyl (C=O) groups excluding carboxylic acids is 3. The van der Waals surface area contributed by atoms with E-state index >= 15 is 0 Å². The number of ether oxygens (including phenoxy) is 2. The summed E-state index contributed by atoms with van der Waals surface area (Å²) in [7, 11) is 1.21. The molecule has 2 amide bonds. The first-order chi connectivity index (χ1) is 13.9. The number of halogens is 2. The zero-order valence-corrected chi connectivity index (χ0v) is 20.3. The van der Waals surface area contributed by atoms with Gasteiger partial charge in [0.25, 0.3) is 11.1 Å². The molecule has 0 saturated carbocycles. The highest BCUT2D eigenvalue weighted by atomic mass is 127. The number of benzene rings is 2. The Labute approximate surface area is 199 Å². The quantitative estimate of drug-likeness (QED) is 0.261. The van der Waals surface area contributed by atoms with E-state index in [0.717, 1.165) is 40.7 Å². The van der Waals surface area contributed by atoms with Crippen LogP contribution in [0.15, 0.2) is 47.4 Å². The van der Waals surface area contributed by atoms with Gasteiger partial charge in [0.05, 0.1) is 19.2 Å². The van der Waals surface area contributed by atoms with Crippen molar-refractivity contribution in [3.8, 4) is 5.75 Å². The van der Waals surface area contributed by atoms with E-state index in [1.54, 1.807) is 6.08 Å². The summed E-state index contributed by atoms with van der Waals surface area (Å²) in [6.45, 7) is 0.0679. The number of methoxy groups -OCH3 is 1. The van der Waals surface area contributed by atoms with Gasteiger partial charge in [0, 0.05) is 0 Å². The van der Waals surface area contributed by atoms with E-state index in [1.165, 1.54) is 7.11 Å². The summed E-state index contributed by atoms with van der Waals surface area (Å²) < 4.78 is 12.3. The topological polar surface area (TPSA) is 72.9 Å². The maximum atomic E-state index is 12.4. The summed E-state index contributed by atoms with van der Waals surface area (Å²) in [4.78, 5) is 37.0. The van der Waals surface area contributed by atoms with Crippen molar-refractivity contribution < 1.29 is 23.9 Å². The third-order valence-corrected chi connectivity index (χ3v) is 6.44. The third-order valence-electron chi connectivity index (χ3n) is 3.93. The average Bonchev–Trinajstić information content (AvgIpc) is 2.95. The van der Waals surface area contributed by atoms with Crippen LogP contribution < -0.4 is 4.74 Å². The van der Waals surface area contributed by atoms with Crippen molar-refractivity contribution in [3.05, 3.63) is 65.6 Å².